The van der Waals surface area contributed by atoms with Crippen LogP contribution in [0.5, 0.6) is 11.5 Å². The zero-order chi connectivity index (χ0) is 26.1. The van der Waals surface area contributed by atoms with Crippen LogP contribution in [0, 0.1) is 24.3 Å². The summed E-state index contributed by atoms with van der Waals surface area (Å²) in [6.07, 6.45) is 2.10. The molecule has 0 bridgehead atoms. The van der Waals surface area contributed by atoms with Crippen LogP contribution in [0.15, 0.2) is 29.4 Å². The summed E-state index contributed by atoms with van der Waals surface area (Å²) >= 11 is 2.06. The van der Waals surface area contributed by atoms with Gasteiger partial charge in [0.1, 0.15) is 0 Å². The Morgan fingerprint density at radius 3 is 2.34 bits per heavy atom. The Hall–Kier alpha value is -3.15. The average molecular weight is 594 g/mol. The SMILES string of the molecule is CC[C@H](C)NC(=O)C(=O)N/N=C\c1cc(I)c(OCC(=O)Nc2c(C)cc(C)cc2C)c(OC)c1. The van der Waals surface area contributed by atoms with E-state index in [9.17, 15) is 14.4 Å². The van der Waals surface area contributed by atoms with Gasteiger partial charge in [-0.05, 0) is 85.5 Å². The maximum Gasteiger partial charge on any atom is 0.329 e. The third-order valence-corrected chi connectivity index (χ3v) is 5.92. The Balaban J connectivity index is 2.03. The number of carbonyl (C=O) groups is 3. The Morgan fingerprint density at radius 1 is 1.09 bits per heavy atom. The van der Waals surface area contributed by atoms with Crippen LogP contribution in [0.2, 0.25) is 0 Å². The lowest BCUT2D eigenvalue weighted by Gasteiger charge is -2.15. The highest BCUT2D eigenvalue weighted by molar-refractivity contribution is 14.1. The summed E-state index contributed by atoms with van der Waals surface area (Å²) in [5, 5.41) is 9.31. The van der Waals surface area contributed by atoms with Gasteiger partial charge >= 0.3 is 11.8 Å². The number of anilines is 1. The minimum Gasteiger partial charge on any atom is -0.493 e. The van der Waals surface area contributed by atoms with E-state index in [1.807, 2.05) is 39.8 Å². The predicted octanol–water partition coefficient (Wildman–Crippen LogP) is 3.61. The van der Waals surface area contributed by atoms with Crippen molar-refractivity contribution in [2.45, 2.75) is 47.1 Å². The molecule has 0 fully saturated rings. The van der Waals surface area contributed by atoms with Crippen LogP contribution in [0.3, 0.4) is 0 Å². The Kier molecular flexibility index (Phi) is 10.5. The zero-order valence-electron chi connectivity index (χ0n) is 20.7. The molecule has 0 saturated carbocycles. The van der Waals surface area contributed by atoms with Crippen molar-refractivity contribution in [2.75, 3.05) is 19.0 Å². The maximum absolute atomic E-state index is 12.5. The quantitative estimate of drug-likeness (QED) is 0.178. The van der Waals surface area contributed by atoms with Gasteiger partial charge in [-0.25, -0.2) is 5.43 Å². The van der Waals surface area contributed by atoms with Gasteiger partial charge < -0.3 is 20.1 Å². The number of ether oxygens (including phenoxy) is 2. The van der Waals surface area contributed by atoms with Crippen molar-refractivity contribution in [3.63, 3.8) is 0 Å². The van der Waals surface area contributed by atoms with Gasteiger partial charge in [0.05, 0.1) is 16.9 Å². The molecule has 3 amide bonds. The average Bonchev–Trinajstić information content (AvgIpc) is 2.79. The number of hydrazone groups is 1. The monoisotopic (exact) mass is 594 g/mol. The van der Waals surface area contributed by atoms with E-state index in [1.165, 1.54) is 13.3 Å². The minimum atomic E-state index is -0.853. The molecule has 188 valence electrons. The highest BCUT2D eigenvalue weighted by Gasteiger charge is 2.16. The smallest absolute Gasteiger partial charge is 0.329 e. The van der Waals surface area contributed by atoms with Crippen LogP contribution in [-0.2, 0) is 14.4 Å². The van der Waals surface area contributed by atoms with Crippen molar-refractivity contribution in [3.8, 4) is 11.5 Å². The molecular formula is C25H31IN4O5. The second kappa shape index (κ2) is 13.1. The normalized spacial score (nSPS) is 11.6. The summed E-state index contributed by atoms with van der Waals surface area (Å²) < 4.78 is 11.9. The molecule has 0 heterocycles. The van der Waals surface area contributed by atoms with Gasteiger partial charge in [-0.1, -0.05) is 24.6 Å². The van der Waals surface area contributed by atoms with Gasteiger partial charge in [0.25, 0.3) is 5.91 Å². The van der Waals surface area contributed by atoms with E-state index >= 15 is 0 Å². The minimum absolute atomic E-state index is 0.109. The third kappa shape index (κ3) is 8.23. The second-order valence-corrected chi connectivity index (χ2v) is 9.29. The zero-order valence-corrected chi connectivity index (χ0v) is 22.9. The number of halogens is 1. The maximum atomic E-state index is 12.5. The Bertz CT molecular complexity index is 1110. The third-order valence-electron chi connectivity index (χ3n) is 5.12. The van der Waals surface area contributed by atoms with Crippen LogP contribution < -0.4 is 25.5 Å². The molecule has 0 spiro atoms. The van der Waals surface area contributed by atoms with Crippen LogP contribution in [0.25, 0.3) is 0 Å². The highest BCUT2D eigenvalue weighted by atomic mass is 127. The number of methoxy groups -OCH3 is 1. The number of rotatable bonds is 9. The van der Waals surface area contributed by atoms with E-state index in [1.54, 1.807) is 19.1 Å². The number of hydrogen-bond acceptors (Lipinski definition) is 6. The van der Waals surface area contributed by atoms with Gasteiger partial charge in [-0.2, -0.15) is 5.10 Å². The van der Waals surface area contributed by atoms with Crippen LogP contribution >= 0.6 is 22.6 Å². The second-order valence-electron chi connectivity index (χ2n) is 8.13. The van der Waals surface area contributed by atoms with Crippen LogP contribution in [0.4, 0.5) is 5.69 Å². The number of carbonyl (C=O) groups excluding carboxylic acids is 3. The fourth-order valence-corrected chi connectivity index (χ4v) is 4.03. The molecule has 2 aromatic carbocycles. The van der Waals surface area contributed by atoms with Crippen LogP contribution in [-0.4, -0.2) is 43.7 Å². The number of nitrogens with one attached hydrogen (secondary N) is 3. The van der Waals surface area contributed by atoms with Crippen molar-refractivity contribution in [1.82, 2.24) is 10.7 Å². The molecule has 0 aliphatic heterocycles. The summed E-state index contributed by atoms with van der Waals surface area (Å²) in [6.45, 7) is 9.42. The first-order valence-corrected chi connectivity index (χ1v) is 12.2. The van der Waals surface area contributed by atoms with Gasteiger partial charge in [0, 0.05) is 11.7 Å². The number of benzene rings is 2. The Labute approximate surface area is 219 Å². The summed E-state index contributed by atoms with van der Waals surface area (Å²) in [4.78, 5) is 36.2. The molecule has 0 aromatic heterocycles. The first kappa shape index (κ1) is 28.1. The molecule has 0 aliphatic rings. The summed E-state index contributed by atoms with van der Waals surface area (Å²) in [7, 11) is 1.49. The number of hydrogen-bond donors (Lipinski definition) is 3. The van der Waals surface area contributed by atoms with Gasteiger partial charge in [0.2, 0.25) is 0 Å². The fraction of sp³-hybridized carbons (Fsp3) is 0.360. The lowest BCUT2D eigenvalue weighted by Crippen LogP contribution is -2.41. The lowest BCUT2D eigenvalue weighted by molar-refractivity contribution is -0.139. The predicted molar refractivity (Wildman–Crippen MR) is 144 cm³/mol. The Morgan fingerprint density at radius 2 is 1.74 bits per heavy atom. The highest BCUT2D eigenvalue weighted by Crippen LogP contribution is 2.33. The van der Waals surface area contributed by atoms with E-state index < -0.39 is 11.8 Å². The van der Waals surface area contributed by atoms with E-state index in [0.717, 1.165) is 22.4 Å². The number of nitrogens with zero attached hydrogens (tertiary/aromatic N) is 1. The van der Waals surface area contributed by atoms with Gasteiger partial charge in [-0.3, -0.25) is 14.4 Å². The van der Waals surface area contributed by atoms with E-state index in [-0.39, 0.29) is 18.6 Å². The van der Waals surface area contributed by atoms with Gasteiger partial charge in [-0.15, -0.1) is 0 Å². The molecule has 35 heavy (non-hydrogen) atoms. The van der Waals surface area contributed by atoms with Crippen molar-refractivity contribution in [3.05, 3.63) is 50.1 Å². The standard InChI is InChI=1S/C25H31IN4O5/c1-7-17(5)28-24(32)25(33)30-27-12-18-10-19(26)23(20(11-18)34-6)35-13-21(31)29-22-15(3)8-14(2)9-16(22)4/h8-12,17H,7,13H2,1-6H3,(H,28,32)(H,29,31)(H,30,33)/b27-12-/t17-/m0/s1. The van der Waals surface area contributed by atoms with Crippen molar-refractivity contribution in [1.29, 1.82) is 0 Å². The summed E-state index contributed by atoms with van der Waals surface area (Å²) in [6, 6.07) is 7.31. The first-order chi connectivity index (χ1) is 16.5. The first-order valence-electron chi connectivity index (χ1n) is 11.1. The molecule has 0 saturated heterocycles. The molecule has 10 heteroatoms. The largest absolute Gasteiger partial charge is 0.493 e. The topological polar surface area (TPSA) is 118 Å². The van der Waals surface area contributed by atoms with E-state index in [2.05, 4.69) is 43.8 Å². The summed E-state index contributed by atoms with van der Waals surface area (Å²) in [5.41, 5.74) is 6.68. The summed E-state index contributed by atoms with van der Waals surface area (Å²) in [5.74, 6) is -1.08. The molecule has 0 aliphatic carbocycles. The van der Waals surface area contributed by atoms with Crippen molar-refractivity contribution < 1.29 is 23.9 Å². The molecule has 2 rings (SSSR count). The van der Waals surface area contributed by atoms with Crippen molar-refractivity contribution in [2.24, 2.45) is 5.10 Å². The molecule has 2 aromatic rings. The van der Waals surface area contributed by atoms with Gasteiger partial charge in [0.15, 0.2) is 18.1 Å². The molecular weight excluding hydrogens is 563 g/mol. The molecule has 1 atom stereocenters. The van der Waals surface area contributed by atoms with E-state index in [4.69, 9.17) is 9.47 Å². The molecule has 0 unspecified atom stereocenters. The molecule has 0 radical (unpaired) electrons. The number of amides is 3. The number of aryl methyl sites for hydroxylation is 3. The van der Waals surface area contributed by atoms with E-state index in [0.29, 0.717) is 27.1 Å². The fourth-order valence-electron chi connectivity index (χ4n) is 3.25. The molecule has 9 nitrogen and oxygen atoms in total. The van der Waals surface area contributed by atoms with Crippen LogP contribution in [0.1, 0.15) is 42.5 Å². The lowest BCUT2D eigenvalue weighted by atomic mass is 10.1. The van der Waals surface area contributed by atoms with Crippen molar-refractivity contribution >= 4 is 52.2 Å². The molecule has 3 N–H and O–H groups in total.